The van der Waals surface area contributed by atoms with Gasteiger partial charge in [-0.2, -0.15) is 10.4 Å². The molecule has 42 heavy (non-hydrogen) atoms. The highest BCUT2D eigenvalue weighted by molar-refractivity contribution is 7.11. The maximum Gasteiger partial charge on any atom is 0.345 e. The third-order valence-corrected chi connectivity index (χ3v) is 8.04. The number of hydrogen-bond donors (Lipinski definition) is 0. The van der Waals surface area contributed by atoms with Crippen LogP contribution in [0.25, 0.3) is 61.6 Å². The number of aromatic nitrogens is 3. The monoisotopic (exact) mass is 582 g/mol. The Morgan fingerprint density at radius 1 is 0.929 bits per heavy atom. The summed E-state index contributed by atoms with van der Waals surface area (Å²) in [5.74, 6) is 0. The zero-order valence-corrected chi connectivity index (χ0v) is 23.4. The zero-order valence-electron chi connectivity index (χ0n) is 21.9. The van der Waals surface area contributed by atoms with E-state index in [9.17, 15) is 10.1 Å². The van der Waals surface area contributed by atoms with Gasteiger partial charge in [0, 0.05) is 33.1 Å². The Hall–Kier alpha value is -5.29. The number of nitrogens with zero attached hydrogens (tertiary/aromatic N) is 4. The van der Waals surface area contributed by atoms with E-state index in [0.717, 1.165) is 33.3 Å². The Bertz CT molecular complexity index is 2250. The lowest BCUT2D eigenvalue weighted by molar-refractivity contribution is 0.563. The largest absolute Gasteiger partial charge is 0.422 e. The molecule has 3 heterocycles. The number of benzene rings is 4. The molecule has 8 heteroatoms. The van der Waals surface area contributed by atoms with E-state index in [1.54, 1.807) is 35.7 Å². The van der Waals surface area contributed by atoms with Crippen molar-refractivity contribution in [2.24, 2.45) is 0 Å². The van der Waals surface area contributed by atoms with Crippen LogP contribution in [-0.2, 0) is 0 Å². The highest BCUT2D eigenvalue weighted by Crippen LogP contribution is 2.34. The van der Waals surface area contributed by atoms with Gasteiger partial charge in [-0.1, -0.05) is 72.3 Å². The summed E-state index contributed by atoms with van der Waals surface area (Å²) in [6.07, 6.45) is 3.72. The quantitative estimate of drug-likeness (QED) is 0.150. The Kier molecular flexibility index (Phi) is 6.48. The van der Waals surface area contributed by atoms with Crippen LogP contribution in [0.5, 0.6) is 0 Å². The van der Waals surface area contributed by atoms with E-state index in [4.69, 9.17) is 21.1 Å². The second-order valence-electron chi connectivity index (χ2n) is 9.58. The van der Waals surface area contributed by atoms with E-state index in [2.05, 4.69) is 29.3 Å². The highest BCUT2D eigenvalue weighted by atomic mass is 35.5. The standard InChI is InChI=1S/C34H19ClN4O2S/c35-25-13-14-31-22(16-25)17-29(34(40)41-31)30-20-42-33(37-30)23(18-36)15-24-19-39(26-9-2-1-3-10-26)38-32(24)28-12-6-8-21-7-4-5-11-27(21)28/h1-17,19-20H/b23-15+. The van der Waals surface area contributed by atoms with Crippen molar-refractivity contribution in [3.63, 3.8) is 0 Å². The summed E-state index contributed by atoms with van der Waals surface area (Å²) in [5, 5.41) is 20.8. The van der Waals surface area contributed by atoms with Gasteiger partial charge in [0.1, 0.15) is 22.4 Å². The minimum atomic E-state index is -0.508. The number of allylic oxidation sites excluding steroid dienone is 1. The van der Waals surface area contributed by atoms with Crippen molar-refractivity contribution in [1.29, 1.82) is 5.26 Å². The van der Waals surface area contributed by atoms with Gasteiger partial charge < -0.3 is 4.42 Å². The molecule has 7 aromatic rings. The van der Waals surface area contributed by atoms with Gasteiger partial charge in [-0.05, 0) is 53.2 Å². The molecule has 200 valence electrons. The van der Waals surface area contributed by atoms with Crippen molar-refractivity contribution in [3.05, 3.63) is 135 Å². The molecule has 0 aliphatic rings. The van der Waals surface area contributed by atoms with Crippen molar-refractivity contribution < 1.29 is 4.42 Å². The van der Waals surface area contributed by atoms with Crippen LogP contribution in [-0.4, -0.2) is 14.8 Å². The Morgan fingerprint density at radius 3 is 2.60 bits per heavy atom. The minimum absolute atomic E-state index is 0.304. The normalized spacial score (nSPS) is 11.7. The van der Waals surface area contributed by atoms with Crippen LogP contribution >= 0.6 is 22.9 Å². The third-order valence-electron chi connectivity index (χ3n) is 6.93. The van der Waals surface area contributed by atoms with Gasteiger partial charge in [0.2, 0.25) is 0 Å². The molecule has 0 saturated heterocycles. The number of halogens is 1. The lowest BCUT2D eigenvalue weighted by atomic mass is 9.99. The average Bonchev–Trinajstić information content (AvgIpc) is 3.68. The smallest absolute Gasteiger partial charge is 0.345 e. The number of thiazole rings is 1. The molecule has 0 radical (unpaired) electrons. The molecule has 4 aromatic carbocycles. The van der Waals surface area contributed by atoms with Crippen molar-refractivity contribution in [3.8, 4) is 34.3 Å². The van der Waals surface area contributed by atoms with Crippen LogP contribution < -0.4 is 5.63 Å². The predicted molar refractivity (Wildman–Crippen MR) is 169 cm³/mol. The van der Waals surface area contributed by atoms with Crippen LogP contribution in [0.1, 0.15) is 10.6 Å². The second-order valence-corrected chi connectivity index (χ2v) is 10.9. The van der Waals surface area contributed by atoms with Gasteiger partial charge in [0.15, 0.2) is 0 Å². The lowest BCUT2D eigenvalue weighted by Gasteiger charge is -2.05. The first-order chi connectivity index (χ1) is 20.6. The minimum Gasteiger partial charge on any atom is -0.422 e. The maximum absolute atomic E-state index is 12.8. The van der Waals surface area contributed by atoms with Crippen LogP contribution in [0, 0.1) is 11.3 Å². The molecule has 0 atom stereocenters. The van der Waals surface area contributed by atoms with Gasteiger partial charge in [-0.3, -0.25) is 0 Å². The fourth-order valence-electron chi connectivity index (χ4n) is 4.94. The number of rotatable bonds is 5. The molecular formula is C34H19ClN4O2S. The van der Waals surface area contributed by atoms with E-state index in [1.165, 1.54) is 11.3 Å². The van der Waals surface area contributed by atoms with Crippen LogP contribution in [0.3, 0.4) is 0 Å². The number of hydrogen-bond acceptors (Lipinski definition) is 6. The van der Waals surface area contributed by atoms with Gasteiger partial charge >= 0.3 is 5.63 Å². The summed E-state index contributed by atoms with van der Waals surface area (Å²) >= 11 is 7.43. The van der Waals surface area contributed by atoms with Crippen molar-refractivity contribution in [2.75, 3.05) is 0 Å². The molecule has 6 nitrogen and oxygen atoms in total. The molecule has 0 spiro atoms. The third kappa shape index (κ3) is 4.69. The molecule has 0 unspecified atom stereocenters. The summed E-state index contributed by atoms with van der Waals surface area (Å²) < 4.78 is 7.31. The summed E-state index contributed by atoms with van der Waals surface area (Å²) in [5.41, 5.74) is 4.39. The maximum atomic E-state index is 12.8. The van der Waals surface area contributed by atoms with Crippen molar-refractivity contribution in [2.45, 2.75) is 0 Å². The predicted octanol–water partition coefficient (Wildman–Crippen LogP) is 8.64. The second kappa shape index (κ2) is 10.6. The Labute approximate surface area is 249 Å². The van der Waals surface area contributed by atoms with E-state index < -0.39 is 5.63 Å². The SMILES string of the molecule is N#C/C(=C\c1cn(-c2ccccc2)nc1-c1cccc2ccccc12)c1nc(-c2cc3cc(Cl)ccc3oc2=O)cs1. The van der Waals surface area contributed by atoms with Crippen LogP contribution in [0.4, 0.5) is 0 Å². The Morgan fingerprint density at radius 2 is 1.74 bits per heavy atom. The first-order valence-corrected chi connectivity index (χ1v) is 14.3. The molecule has 0 saturated carbocycles. The summed E-state index contributed by atoms with van der Waals surface area (Å²) in [6, 6.07) is 33.2. The molecule has 0 N–H and O–H groups in total. The van der Waals surface area contributed by atoms with Gasteiger partial charge in [0.25, 0.3) is 0 Å². The number of nitriles is 1. The molecule has 3 aromatic heterocycles. The van der Waals surface area contributed by atoms with Crippen LogP contribution in [0.15, 0.2) is 118 Å². The van der Waals surface area contributed by atoms with Gasteiger partial charge in [-0.25, -0.2) is 14.5 Å². The fourth-order valence-corrected chi connectivity index (χ4v) is 5.90. The molecule has 0 aliphatic heterocycles. The van der Waals surface area contributed by atoms with E-state index in [0.29, 0.717) is 37.8 Å². The van der Waals surface area contributed by atoms with E-state index in [1.807, 2.05) is 65.5 Å². The van der Waals surface area contributed by atoms with E-state index >= 15 is 0 Å². The summed E-state index contributed by atoms with van der Waals surface area (Å²) in [7, 11) is 0. The Balaban J connectivity index is 1.35. The molecule has 0 amide bonds. The molecule has 0 fully saturated rings. The average molecular weight is 583 g/mol. The molecular weight excluding hydrogens is 564 g/mol. The number of fused-ring (bicyclic) bond motifs is 2. The van der Waals surface area contributed by atoms with Gasteiger partial charge in [-0.15, -0.1) is 11.3 Å². The number of para-hydroxylation sites is 1. The van der Waals surface area contributed by atoms with Gasteiger partial charge in [0.05, 0.1) is 22.5 Å². The summed E-state index contributed by atoms with van der Waals surface area (Å²) in [4.78, 5) is 17.4. The highest BCUT2D eigenvalue weighted by Gasteiger charge is 2.18. The molecule has 0 aliphatic carbocycles. The zero-order chi connectivity index (χ0) is 28.6. The van der Waals surface area contributed by atoms with Crippen molar-refractivity contribution >= 4 is 56.3 Å². The first-order valence-electron chi connectivity index (χ1n) is 13.0. The summed E-state index contributed by atoms with van der Waals surface area (Å²) in [6.45, 7) is 0. The molecule has 0 bridgehead atoms. The fraction of sp³-hybridized carbons (Fsp3) is 0. The van der Waals surface area contributed by atoms with E-state index in [-0.39, 0.29) is 0 Å². The molecule has 7 rings (SSSR count). The lowest BCUT2D eigenvalue weighted by Crippen LogP contribution is -2.02. The topological polar surface area (TPSA) is 84.7 Å². The van der Waals surface area contributed by atoms with Crippen molar-refractivity contribution in [1.82, 2.24) is 14.8 Å². The van der Waals surface area contributed by atoms with Crippen LogP contribution in [0.2, 0.25) is 5.02 Å². The first kappa shape index (κ1) is 25.7.